The van der Waals surface area contributed by atoms with Crippen molar-refractivity contribution in [2.24, 2.45) is 0 Å². The molecule has 3 aromatic carbocycles. The van der Waals surface area contributed by atoms with Gasteiger partial charge in [-0.1, -0.05) is 18.2 Å². The number of carboxylic acid groups (broad SMARTS) is 2. The summed E-state index contributed by atoms with van der Waals surface area (Å²) >= 11 is 0. The highest BCUT2D eigenvalue weighted by molar-refractivity contribution is 6.22. The Morgan fingerprint density at radius 2 is 1.43 bits per heavy atom. The van der Waals surface area contributed by atoms with Gasteiger partial charge in [0.1, 0.15) is 5.75 Å². The average Bonchev–Trinajstić information content (AvgIpc) is 2.46. The van der Waals surface area contributed by atoms with Crippen LogP contribution in [0, 0.1) is 0 Å². The smallest absolute Gasteiger partial charge is 0.336 e. The number of fused-ring (bicyclic) bond motifs is 3. The van der Waals surface area contributed by atoms with Gasteiger partial charge >= 0.3 is 11.9 Å². The Bertz CT molecular complexity index is 911. The Morgan fingerprint density at radius 3 is 2.10 bits per heavy atom. The maximum atomic E-state index is 11.4. The first-order chi connectivity index (χ1) is 10.0. The minimum Gasteiger partial charge on any atom is -0.507 e. The Balaban J connectivity index is 2.67. The summed E-state index contributed by atoms with van der Waals surface area (Å²) < 4.78 is 0. The maximum absolute atomic E-state index is 11.4. The Labute approximate surface area is 118 Å². The van der Waals surface area contributed by atoms with E-state index in [1.54, 1.807) is 24.3 Å². The second kappa shape index (κ2) is 4.49. The van der Waals surface area contributed by atoms with Gasteiger partial charge < -0.3 is 15.3 Å². The molecule has 0 aromatic heterocycles. The summed E-state index contributed by atoms with van der Waals surface area (Å²) in [7, 11) is 0. The van der Waals surface area contributed by atoms with Gasteiger partial charge in [0.25, 0.3) is 0 Å². The molecular weight excluding hydrogens is 272 g/mol. The summed E-state index contributed by atoms with van der Waals surface area (Å²) in [5, 5.41) is 30.1. The average molecular weight is 282 g/mol. The zero-order valence-corrected chi connectivity index (χ0v) is 10.7. The molecule has 0 radical (unpaired) electrons. The lowest BCUT2D eigenvalue weighted by atomic mass is 9.94. The lowest BCUT2D eigenvalue weighted by Gasteiger charge is -2.11. The minimum atomic E-state index is -1.17. The number of aromatic carboxylic acids is 2. The molecule has 3 aromatic rings. The van der Waals surface area contributed by atoms with Gasteiger partial charge in [-0.05, 0) is 29.7 Å². The first kappa shape index (κ1) is 12.9. The standard InChI is InChI=1S/C16H10O5/c17-12-7-6-11(16(20)21)14-9(12)5-4-8-2-1-3-10(13(8)14)15(18)19/h1-7,17H,(H,18,19)(H,20,21). The normalized spacial score (nSPS) is 10.9. The highest BCUT2D eigenvalue weighted by Gasteiger charge is 2.18. The fourth-order valence-corrected chi connectivity index (χ4v) is 2.56. The fraction of sp³-hybridized carbons (Fsp3) is 0. The van der Waals surface area contributed by atoms with Crippen molar-refractivity contribution in [2.75, 3.05) is 0 Å². The van der Waals surface area contributed by atoms with E-state index in [1.165, 1.54) is 18.2 Å². The van der Waals surface area contributed by atoms with Crippen LogP contribution in [0.5, 0.6) is 5.75 Å². The van der Waals surface area contributed by atoms with Crippen LogP contribution < -0.4 is 0 Å². The van der Waals surface area contributed by atoms with E-state index < -0.39 is 11.9 Å². The SMILES string of the molecule is O=C(O)c1cccc2ccc3c(O)ccc(C(=O)O)c3c12. The molecule has 0 bridgehead atoms. The van der Waals surface area contributed by atoms with Gasteiger partial charge in [0.2, 0.25) is 0 Å². The number of rotatable bonds is 2. The lowest BCUT2D eigenvalue weighted by molar-refractivity contribution is 0.0686. The van der Waals surface area contributed by atoms with E-state index in [9.17, 15) is 24.9 Å². The summed E-state index contributed by atoms with van der Waals surface area (Å²) in [6, 6.07) is 10.5. The molecule has 0 atom stereocenters. The quantitative estimate of drug-likeness (QED) is 0.628. The van der Waals surface area contributed by atoms with Gasteiger partial charge in [0.15, 0.2) is 0 Å². The number of carboxylic acids is 2. The summed E-state index contributed by atoms with van der Waals surface area (Å²) in [6.45, 7) is 0. The molecule has 0 fully saturated rings. The van der Waals surface area contributed by atoms with E-state index in [4.69, 9.17) is 0 Å². The third-order valence-corrected chi connectivity index (χ3v) is 3.46. The van der Waals surface area contributed by atoms with Crippen LogP contribution in [0.2, 0.25) is 0 Å². The van der Waals surface area contributed by atoms with Crippen LogP contribution in [0.25, 0.3) is 21.5 Å². The van der Waals surface area contributed by atoms with Gasteiger partial charge in [0, 0.05) is 16.2 Å². The molecular formula is C16H10O5. The zero-order valence-electron chi connectivity index (χ0n) is 10.7. The number of hydrogen-bond acceptors (Lipinski definition) is 3. The molecule has 0 unspecified atom stereocenters. The van der Waals surface area contributed by atoms with Crippen LogP contribution in [0.15, 0.2) is 42.5 Å². The second-order valence-electron chi connectivity index (χ2n) is 4.63. The molecule has 0 aliphatic carbocycles. The highest BCUT2D eigenvalue weighted by Crippen LogP contribution is 2.35. The third kappa shape index (κ3) is 1.87. The Morgan fingerprint density at radius 1 is 0.762 bits per heavy atom. The van der Waals surface area contributed by atoms with Crippen LogP contribution in [-0.4, -0.2) is 27.3 Å². The van der Waals surface area contributed by atoms with E-state index in [-0.39, 0.29) is 22.3 Å². The summed E-state index contributed by atoms with van der Waals surface area (Å²) in [6.07, 6.45) is 0. The molecule has 5 heteroatoms. The van der Waals surface area contributed by atoms with Crippen LogP contribution in [-0.2, 0) is 0 Å². The van der Waals surface area contributed by atoms with Gasteiger partial charge in [-0.25, -0.2) is 9.59 Å². The molecule has 0 amide bonds. The minimum absolute atomic E-state index is 0.00574. The number of phenols is 1. The third-order valence-electron chi connectivity index (χ3n) is 3.46. The maximum Gasteiger partial charge on any atom is 0.336 e. The Kier molecular flexibility index (Phi) is 2.76. The van der Waals surface area contributed by atoms with Crippen LogP contribution in [0.1, 0.15) is 20.7 Å². The van der Waals surface area contributed by atoms with Crippen LogP contribution in [0.3, 0.4) is 0 Å². The van der Waals surface area contributed by atoms with Crippen molar-refractivity contribution in [3.05, 3.63) is 53.6 Å². The van der Waals surface area contributed by atoms with E-state index in [0.29, 0.717) is 16.2 Å². The van der Waals surface area contributed by atoms with E-state index >= 15 is 0 Å². The van der Waals surface area contributed by atoms with Crippen LogP contribution in [0.4, 0.5) is 0 Å². The molecule has 104 valence electrons. The molecule has 3 N–H and O–H groups in total. The number of aromatic hydroxyl groups is 1. The molecule has 0 heterocycles. The molecule has 0 spiro atoms. The van der Waals surface area contributed by atoms with Crippen molar-refractivity contribution >= 4 is 33.5 Å². The number of benzene rings is 3. The lowest BCUT2D eigenvalue weighted by Crippen LogP contribution is -2.02. The van der Waals surface area contributed by atoms with Crippen molar-refractivity contribution in [2.45, 2.75) is 0 Å². The summed E-state index contributed by atoms with van der Waals surface area (Å²) in [5.41, 5.74) is -0.0340. The topological polar surface area (TPSA) is 94.8 Å². The van der Waals surface area contributed by atoms with Crippen molar-refractivity contribution in [1.29, 1.82) is 0 Å². The second-order valence-corrected chi connectivity index (χ2v) is 4.63. The Hall–Kier alpha value is -3.08. The summed E-state index contributed by atoms with van der Waals surface area (Å²) in [5.74, 6) is -2.41. The first-order valence-electron chi connectivity index (χ1n) is 6.14. The van der Waals surface area contributed by atoms with Crippen molar-refractivity contribution in [3.8, 4) is 5.75 Å². The van der Waals surface area contributed by atoms with Gasteiger partial charge in [-0.15, -0.1) is 0 Å². The predicted octanol–water partition coefficient (Wildman–Crippen LogP) is 3.10. The summed E-state index contributed by atoms with van der Waals surface area (Å²) in [4.78, 5) is 22.8. The van der Waals surface area contributed by atoms with Gasteiger partial charge in [0.05, 0.1) is 11.1 Å². The highest BCUT2D eigenvalue weighted by atomic mass is 16.4. The van der Waals surface area contributed by atoms with E-state index in [0.717, 1.165) is 0 Å². The van der Waals surface area contributed by atoms with Crippen molar-refractivity contribution in [3.63, 3.8) is 0 Å². The fourth-order valence-electron chi connectivity index (χ4n) is 2.56. The van der Waals surface area contributed by atoms with Gasteiger partial charge in [-0.2, -0.15) is 0 Å². The van der Waals surface area contributed by atoms with Gasteiger partial charge in [-0.3, -0.25) is 0 Å². The zero-order chi connectivity index (χ0) is 15.1. The first-order valence-corrected chi connectivity index (χ1v) is 6.14. The monoisotopic (exact) mass is 282 g/mol. The van der Waals surface area contributed by atoms with Crippen molar-refractivity contribution in [1.82, 2.24) is 0 Å². The predicted molar refractivity (Wildman–Crippen MR) is 77.0 cm³/mol. The molecule has 21 heavy (non-hydrogen) atoms. The molecule has 5 nitrogen and oxygen atoms in total. The van der Waals surface area contributed by atoms with Crippen LogP contribution >= 0.6 is 0 Å². The van der Waals surface area contributed by atoms with E-state index in [2.05, 4.69) is 0 Å². The molecule has 0 saturated carbocycles. The number of carbonyl (C=O) groups is 2. The molecule has 0 saturated heterocycles. The van der Waals surface area contributed by atoms with Crippen molar-refractivity contribution < 1.29 is 24.9 Å². The molecule has 0 aliphatic heterocycles. The number of phenolic OH excluding ortho intramolecular Hbond substituents is 1. The molecule has 3 rings (SSSR count). The number of hydrogen-bond donors (Lipinski definition) is 3. The molecule has 0 aliphatic rings. The van der Waals surface area contributed by atoms with E-state index in [1.807, 2.05) is 0 Å². The largest absolute Gasteiger partial charge is 0.507 e.